The lowest BCUT2D eigenvalue weighted by Gasteiger charge is -2.01. The van der Waals surface area contributed by atoms with Gasteiger partial charge in [-0.05, 0) is 35.0 Å². The van der Waals surface area contributed by atoms with Crippen molar-refractivity contribution >= 4 is 15.9 Å². The topological polar surface area (TPSA) is 67.6 Å². The zero-order valence-electron chi connectivity index (χ0n) is 8.84. The van der Waals surface area contributed by atoms with Gasteiger partial charge in [-0.3, -0.25) is 5.10 Å². The number of hydrogen-bond donors (Lipinski definition) is 2. The van der Waals surface area contributed by atoms with Crippen molar-refractivity contribution in [3.63, 3.8) is 0 Å². The summed E-state index contributed by atoms with van der Waals surface area (Å²) in [5.41, 5.74) is 5.99. The monoisotopic (exact) mass is 302 g/mol. The third-order valence-electron chi connectivity index (χ3n) is 2.21. The lowest BCUT2D eigenvalue weighted by Crippen LogP contribution is -2.06. The lowest BCUT2D eigenvalue weighted by molar-refractivity contribution is 0.504. The maximum atomic E-state index is 13.3. The quantitative estimate of drug-likeness (QED) is 0.838. The Hall–Kier alpha value is -1.34. The van der Waals surface area contributed by atoms with Gasteiger partial charge in [-0.25, -0.2) is 13.8 Å². The summed E-state index contributed by atoms with van der Waals surface area (Å²) in [7, 11) is 0. The van der Waals surface area contributed by atoms with E-state index in [0.717, 1.165) is 6.07 Å². The Morgan fingerprint density at radius 3 is 2.71 bits per heavy atom. The molecule has 2 aromatic rings. The van der Waals surface area contributed by atoms with Crippen LogP contribution in [-0.4, -0.2) is 15.2 Å². The number of nitrogens with two attached hydrogens (primary N) is 1. The molecule has 0 aliphatic rings. The van der Waals surface area contributed by atoms with Gasteiger partial charge in [-0.15, -0.1) is 0 Å². The first kappa shape index (κ1) is 12.1. The van der Waals surface area contributed by atoms with Crippen molar-refractivity contribution < 1.29 is 8.78 Å². The molecular formula is C10H9BrF2N4. The molecule has 17 heavy (non-hydrogen) atoms. The molecule has 1 unspecified atom stereocenters. The van der Waals surface area contributed by atoms with Crippen LogP contribution in [-0.2, 0) is 0 Å². The van der Waals surface area contributed by atoms with Crippen LogP contribution >= 0.6 is 15.9 Å². The number of aromatic nitrogens is 3. The van der Waals surface area contributed by atoms with E-state index in [2.05, 4.69) is 31.1 Å². The van der Waals surface area contributed by atoms with E-state index >= 15 is 0 Å². The minimum Gasteiger partial charge on any atom is -0.322 e. The molecule has 0 bridgehead atoms. The summed E-state index contributed by atoms with van der Waals surface area (Å²) < 4.78 is 26.3. The second-order valence-electron chi connectivity index (χ2n) is 3.56. The maximum Gasteiger partial charge on any atom is 0.182 e. The van der Waals surface area contributed by atoms with Gasteiger partial charge < -0.3 is 5.73 Å². The van der Waals surface area contributed by atoms with Gasteiger partial charge in [0.25, 0.3) is 0 Å². The fourth-order valence-corrected chi connectivity index (χ4v) is 1.80. The van der Waals surface area contributed by atoms with E-state index in [4.69, 9.17) is 5.73 Å². The van der Waals surface area contributed by atoms with E-state index in [9.17, 15) is 8.78 Å². The first-order valence-electron chi connectivity index (χ1n) is 4.82. The van der Waals surface area contributed by atoms with Crippen LogP contribution in [0, 0.1) is 11.6 Å². The van der Waals surface area contributed by atoms with Gasteiger partial charge in [-0.1, -0.05) is 0 Å². The molecule has 3 N–H and O–H groups in total. The summed E-state index contributed by atoms with van der Waals surface area (Å²) in [6.07, 6.45) is 0. The second kappa shape index (κ2) is 4.50. The SMILES string of the molecule is CC(N)c1nc(-c2ccc(F)c(F)c2Br)n[nH]1. The summed E-state index contributed by atoms with van der Waals surface area (Å²) in [4.78, 5) is 4.10. The van der Waals surface area contributed by atoms with Gasteiger partial charge in [0.15, 0.2) is 17.5 Å². The highest BCUT2D eigenvalue weighted by atomic mass is 79.9. The van der Waals surface area contributed by atoms with Crippen molar-refractivity contribution in [1.29, 1.82) is 0 Å². The minimum atomic E-state index is -0.963. The summed E-state index contributed by atoms with van der Waals surface area (Å²) in [5.74, 6) is -1.14. The average molecular weight is 303 g/mol. The molecular weight excluding hydrogens is 294 g/mol. The third kappa shape index (κ3) is 2.20. The van der Waals surface area contributed by atoms with Crippen LogP contribution in [0.15, 0.2) is 16.6 Å². The van der Waals surface area contributed by atoms with Crippen LogP contribution < -0.4 is 5.73 Å². The van der Waals surface area contributed by atoms with E-state index in [1.54, 1.807) is 6.92 Å². The number of halogens is 3. The molecule has 0 amide bonds. The maximum absolute atomic E-state index is 13.3. The fraction of sp³-hybridized carbons (Fsp3) is 0.200. The number of hydrogen-bond acceptors (Lipinski definition) is 3. The van der Waals surface area contributed by atoms with E-state index in [1.165, 1.54) is 6.07 Å². The molecule has 1 aromatic carbocycles. The average Bonchev–Trinajstić information content (AvgIpc) is 2.75. The summed E-state index contributed by atoms with van der Waals surface area (Å²) in [5, 5.41) is 6.55. The highest BCUT2D eigenvalue weighted by Crippen LogP contribution is 2.29. The lowest BCUT2D eigenvalue weighted by atomic mass is 10.2. The number of rotatable bonds is 2. The van der Waals surface area contributed by atoms with E-state index in [0.29, 0.717) is 11.4 Å². The third-order valence-corrected chi connectivity index (χ3v) is 2.99. The Labute approximate surface area is 104 Å². The number of benzene rings is 1. The van der Waals surface area contributed by atoms with Gasteiger partial charge in [-0.2, -0.15) is 5.10 Å². The summed E-state index contributed by atoms with van der Waals surface area (Å²) in [6.45, 7) is 1.74. The summed E-state index contributed by atoms with van der Waals surface area (Å²) in [6, 6.07) is 2.12. The Balaban J connectivity index is 2.49. The van der Waals surface area contributed by atoms with Crippen molar-refractivity contribution in [2.24, 2.45) is 5.73 Å². The van der Waals surface area contributed by atoms with Crippen molar-refractivity contribution in [2.75, 3.05) is 0 Å². The molecule has 2 rings (SSSR count). The predicted octanol–water partition coefficient (Wildman–Crippen LogP) is 2.53. The number of nitrogens with one attached hydrogen (secondary N) is 1. The molecule has 0 saturated carbocycles. The largest absolute Gasteiger partial charge is 0.322 e. The molecule has 0 aliphatic heterocycles. The number of aromatic amines is 1. The van der Waals surface area contributed by atoms with Crippen molar-refractivity contribution in [3.05, 3.63) is 34.1 Å². The highest BCUT2D eigenvalue weighted by molar-refractivity contribution is 9.10. The molecule has 90 valence electrons. The van der Waals surface area contributed by atoms with Crippen LogP contribution in [0.3, 0.4) is 0 Å². The van der Waals surface area contributed by atoms with Gasteiger partial charge in [0.2, 0.25) is 0 Å². The van der Waals surface area contributed by atoms with Gasteiger partial charge in [0, 0.05) is 5.56 Å². The van der Waals surface area contributed by atoms with E-state index in [-0.39, 0.29) is 16.3 Å². The van der Waals surface area contributed by atoms with Crippen LogP contribution in [0.1, 0.15) is 18.8 Å². The van der Waals surface area contributed by atoms with Gasteiger partial charge >= 0.3 is 0 Å². The van der Waals surface area contributed by atoms with Crippen molar-refractivity contribution in [1.82, 2.24) is 15.2 Å². The molecule has 0 radical (unpaired) electrons. The molecule has 7 heteroatoms. The molecule has 4 nitrogen and oxygen atoms in total. The Kier molecular flexibility index (Phi) is 3.21. The van der Waals surface area contributed by atoms with E-state index < -0.39 is 11.6 Å². The van der Waals surface area contributed by atoms with Crippen molar-refractivity contribution in [2.45, 2.75) is 13.0 Å². The van der Waals surface area contributed by atoms with Crippen LogP contribution in [0.5, 0.6) is 0 Å². The molecule has 0 fully saturated rings. The first-order chi connectivity index (χ1) is 8.00. The fourth-order valence-electron chi connectivity index (χ4n) is 1.30. The molecule has 0 spiro atoms. The normalized spacial score (nSPS) is 12.8. The Morgan fingerprint density at radius 2 is 2.12 bits per heavy atom. The minimum absolute atomic E-state index is 0.00674. The molecule has 1 heterocycles. The van der Waals surface area contributed by atoms with E-state index in [1.807, 2.05) is 0 Å². The molecule has 1 aromatic heterocycles. The van der Waals surface area contributed by atoms with Crippen LogP contribution in [0.4, 0.5) is 8.78 Å². The smallest absolute Gasteiger partial charge is 0.182 e. The van der Waals surface area contributed by atoms with Crippen molar-refractivity contribution in [3.8, 4) is 11.4 Å². The highest BCUT2D eigenvalue weighted by Gasteiger charge is 2.16. The molecule has 1 atom stereocenters. The summed E-state index contributed by atoms with van der Waals surface area (Å²) >= 11 is 2.97. The zero-order valence-corrected chi connectivity index (χ0v) is 10.4. The second-order valence-corrected chi connectivity index (χ2v) is 4.35. The first-order valence-corrected chi connectivity index (χ1v) is 5.61. The Morgan fingerprint density at radius 1 is 1.41 bits per heavy atom. The van der Waals surface area contributed by atoms with Crippen LogP contribution in [0.2, 0.25) is 0 Å². The predicted molar refractivity (Wildman–Crippen MR) is 62.0 cm³/mol. The van der Waals surface area contributed by atoms with Gasteiger partial charge in [0.05, 0.1) is 10.5 Å². The Bertz CT molecular complexity index is 553. The zero-order chi connectivity index (χ0) is 12.6. The standard InChI is InChI=1S/C10H9BrF2N4/c1-4(14)9-15-10(17-16-9)5-2-3-6(12)8(13)7(5)11/h2-4H,14H2,1H3,(H,15,16,17). The van der Waals surface area contributed by atoms with Gasteiger partial charge in [0.1, 0.15) is 5.82 Å². The van der Waals surface area contributed by atoms with Crippen LogP contribution in [0.25, 0.3) is 11.4 Å². The molecule has 0 saturated heterocycles. The number of H-pyrrole nitrogens is 1. The number of nitrogens with zero attached hydrogens (tertiary/aromatic N) is 2. The molecule has 0 aliphatic carbocycles.